The Hall–Kier alpha value is -2.05. The van der Waals surface area contributed by atoms with Gasteiger partial charge in [-0.25, -0.2) is 0 Å². The largest absolute Gasteiger partial charge is 0.391 e. The number of nitrogens with two attached hydrogens (primary N) is 1. The van der Waals surface area contributed by atoms with Gasteiger partial charge in [0.15, 0.2) is 0 Å². The molecule has 0 unspecified atom stereocenters. The van der Waals surface area contributed by atoms with Gasteiger partial charge < -0.3 is 11.1 Å². The Labute approximate surface area is 132 Å². The SMILES string of the molecule is NC(=O)[C@H](NC(=O)[C@@H]1CCC[C@H](C(F)(F)F)C1)c1ccccc1. The Morgan fingerprint density at radius 2 is 1.83 bits per heavy atom. The first kappa shape index (κ1) is 17.3. The number of benzene rings is 1. The van der Waals surface area contributed by atoms with Crippen LogP contribution in [0, 0.1) is 11.8 Å². The number of alkyl halides is 3. The van der Waals surface area contributed by atoms with Gasteiger partial charge in [0, 0.05) is 5.92 Å². The van der Waals surface area contributed by atoms with Crippen molar-refractivity contribution < 1.29 is 22.8 Å². The molecule has 2 amide bonds. The second-order valence-electron chi connectivity index (χ2n) is 5.86. The molecule has 0 spiro atoms. The summed E-state index contributed by atoms with van der Waals surface area (Å²) in [7, 11) is 0. The molecule has 3 N–H and O–H groups in total. The first-order chi connectivity index (χ1) is 10.8. The van der Waals surface area contributed by atoms with Gasteiger partial charge in [0.05, 0.1) is 5.92 Å². The highest BCUT2D eigenvalue weighted by Crippen LogP contribution is 2.40. The number of hydrogen-bond donors (Lipinski definition) is 2. The third-order valence-corrected chi connectivity index (χ3v) is 4.21. The van der Waals surface area contributed by atoms with Crippen LogP contribution in [-0.2, 0) is 9.59 Å². The lowest BCUT2D eigenvalue weighted by Gasteiger charge is -2.30. The topological polar surface area (TPSA) is 72.2 Å². The van der Waals surface area contributed by atoms with Crippen molar-refractivity contribution in [2.45, 2.75) is 37.9 Å². The number of rotatable bonds is 4. The van der Waals surface area contributed by atoms with E-state index < -0.39 is 35.9 Å². The summed E-state index contributed by atoms with van der Waals surface area (Å²) in [5.41, 5.74) is 5.82. The highest BCUT2D eigenvalue weighted by molar-refractivity contribution is 5.88. The molecule has 4 nitrogen and oxygen atoms in total. The van der Waals surface area contributed by atoms with E-state index in [2.05, 4.69) is 5.32 Å². The molecule has 0 aliphatic heterocycles. The molecule has 7 heteroatoms. The number of halogens is 3. The minimum absolute atomic E-state index is 0.0468. The fraction of sp³-hybridized carbons (Fsp3) is 0.500. The zero-order chi connectivity index (χ0) is 17.0. The zero-order valence-electron chi connectivity index (χ0n) is 12.5. The quantitative estimate of drug-likeness (QED) is 0.892. The average molecular weight is 328 g/mol. The number of carbonyl (C=O) groups is 2. The van der Waals surface area contributed by atoms with Crippen LogP contribution in [0.2, 0.25) is 0 Å². The number of amides is 2. The van der Waals surface area contributed by atoms with Crippen LogP contribution in [0.1, 0.15) is 37.3 Å². The molecule has 1 aliphatic rings. The van der Waals surface area contributed by atoms with E-state index in [9.17, 15) is 22.8 Å². The van der Waals surface area contributed by atoms with Gasteiger partial charge in [0.1, 0.15) is 6.04 Å². The van der Waals surface area contributed by atoms with Crippen LogP contribution in [0.5, 0.6) is 0 Å². The van der Waals surface area contributed by atoms with Crippen molar-refractivity contribution in [3.8, 4) is 0 Å². The minimum atomic E-state index is -4.29. The average Bonchev–Trinajstić information content (AvgIpc) is 2.52. The monoisotopic (exact) mass is 328 g/mol. The van der Waals surface area contributed by atoms with E-state index in [4.69, 9.17) is 5.73 Å². The maximum Gasteiger partial charge on any atom is 0.391 e. The molecule has 0 radical (unpaired) electrons. The predicted octanol–water partition coefficient (Wildman–Crippen LogP) is 2.70. The van der Waals surface area contributed by atoms with Crippen molar-refractivity contribution in [2.75, 3.05) is 0 Å². The molecular weight excluding hydrogens is 309 g/mol. The van der Waals surface area contributed by atoms with Crippen molar-refractivity contribution in [3.63, 3.8) is 0 Å². The molecule has 1 fully saturated rings. The van der Waals surface area contributed by atoms with Gasteiger partial charge in [-0.2, -0.15) is 13.2 Å². The fourth-order valence-electron chi connectivity index (χ4n) is 2.95. The molecule has 0 bridgehead atoms. The van der Waals surface area contributed by atoms with Gasteiger partial charge in [0.2, 0.25) is 11.8 Å². The van der Waals surface area contributed by atoms with Crippen molar-refractivity contribution in [2.24, 2.45) is 17.6 Å². The molecule has 0 saturated heterocycles. The molecule has 2 rings (SSSR count). The summed E-state index contributed by atoms with van der Waals surface area (Å²) in [5.74, 6) is -3.50. The Morgan fingerprint density at radius 3 is 2.39 bits per heavy atom. The fourth-order valence-corrected chi connectivity index (χ4v) is 2.95. The van der Waals surface area contributed by atoms with Gasteiger partial charge in [-0.15, -0.1) is 0 Å². The summed E-state index contributed by atoms with van der Waals surface area (Å²) in [4.78, 5) is 23.8. The molecule has 126 valence electrons. The summed E-state index contributed by atoms with van der Waals surface area (Å²) in [5, 5.41) is 2.49. The van der Waals surface area contributed by atoms with Crippen molar-refractivity contribution >= 4 is 11.8 Å². The van der Waals surface area contributed by atoms with Crippen LogP contribution < -0.4 is 11.1 Å². The second-order valence-corrected chi connectivity index (χ2v) is 5.86. The molecule has 0 aromatic heterocycles. The molecular formula is C16H19F3N2O2. The summed E-state index contributed by atoms with van der Waals surface area (Å²) in [6.45, 7) is 0. The summed E-state index contributed by atoms with van der Waals surface area (Å²) >= 11 is 0. The van der Waals surface area contributed by atoms with Crippen molar-refractivity contribution in [1.82, 2.24) is 5.32 Å². The first-order valence-corrected chi connectivity index (χ1v) is 7.50. The minimum Gasteiger partial charge on any atom is -0.368 e. The van der Waals surface area contributed by atoms with Crippen LogP contribution in [0.15, 0.2) is 30.3 Å². The zero-order valence-corrected chi connectivity index (χ0v) is 12.5. The number of hydrogen-bond acceptors (Lipinski definition) is 2. The van der Waals surface area contributed by atoms with Gasteiger partial charge in [-0.3, -0.25) is 9.59 Å². The van der Waals surface area contributed by atoms with E-state index in [1.165, 1.54) is 0 Å². The van der Waals surface area contributed by atoms with E-state index in [1.54, 1.807) is 30.3 Å². The predicted molar refractivity (Wildman–Crippen MR) is 78.0 cm³/mol. The third kappa shape index (κ3) is 4.46. The van der Waals surface area contributed by atoms with E-state index in [-0.39, 0.29) is 12.8 Å². The van der Waals surface area contributed by atoms with Gasteiger partial charge in [-0.1, -0.05) is 36.8 Å². The van der Waals surface area contributed by atoms with Crippen molar-refractivity contribution in [1.29, 1.82) is 0 Å². The number of carbonyl (C=O) groups excluding carboxylic acids is 2. The Kier molecular flexibility index (Phi) is 5.28. The third-order valence-electron chi connectivity index (χ3n) is 4.21. The Morgan fingerprint density at radius 1 is 1.17 bits per heavy atom. The lowest BCUT2D eigenvalue weighted by Crippen LogP contribution is -2.42. The first-order valence-electron chi connectivity index (χ1n) is 7.50. The van der Waals surface area contributed by atoms with Gasteiger partial charge >= 0.3 is 6.18 Å². The molecule has 1 aromatic carbocycles. The molecule has 1 saturated carbocycles. The molecule has 3 atom stereocenters. The maximum absolute atomic E-state index is 12.8. The second kappa shape index (κ2) is 7.02. The van der Waals surface area contributed by atoms with Crippen LogP contribution in [-0.4, -0.2) is 18.0 Å². The van der Waals surface area contributed by atoms with E-state index in [0.717, 1.165) is 0 Å². The summed E-state index contributed by atoms with van der Waals surface area (Å²) in [6, 6.07) is 7.37. The van der Waals surface area contributed by atoms with Crippen LogP contribution >= 0.6 is 0 Å². The smallest absolute Gasteiger partial charge is 0.368 e. The van der Waals surface area contributed by atoms with E-state index >= 15 is 0 Å². The summed E-state index contributed by atoms with van der Waals surface area (Å²) < 4.78 is 38.5. The maximum atomic E-state index is 12.8. The van der Waals surface area contributed by atoms with Crippen LogP contribution in [0.3, 0.4) is 0 Å². The van der Waals surface area contributed by atoms with Gasteiger partial charge in [-0.05, 0) is 24.8 Å². The van der Waals surface area contributed by atoms with Crippen LogP contribution in [0.4, 0.5) is 13.2 Å². The Balaban J connectivity index is 2.06. The molecule has 23 heavy (non-hydrogen) atoms. The standard InChI is InChI=1S/C16H19F3N2O2/c17-16(18,19)12-8-4-7-11(9-12)15(23)21-13(14(20)22)10-5-2-1-3-6-10/h1-3,5-6,11-13H,4,7-9H2,(H2,20,22)(H,21,23)/t11-,12+,13-/m1/s1. The normalized spacial score (nSPS) is 23.1. The highest BCUT2D eigenvalue weighted by atomic mass is 19.4. The number of primary amides is 1. The van der Waals surface area contributed by atoms with Crippen molar-refractivity contribution in [3.05, 3.63) is 35.9 Å². The lowest BCUT2D eigenvalue weighted by atomic mass is 9.80. The Bertz CT molecular complexity index is 560. The summed E-state index contributed by atoms with van der Waals surface area (Å²) in [6.07, 6.45) is -3.75. The molecule has 0 heterocycles. The van der Waals surface area contributed by atoms with E-state index in [0.29, 0.717) is 18.4 Å². The molecule has 1 aromatic rings. The lowest BCUT2D eigenvalue weighted by molar-refractivity contribution is -0.186. The van der Waals surface area contributed by atoms with Crippen LogP contribution in [0.25, 0.3) is 0 Å². The van der Waals surface area contributed by atoms with Gasteiger partial charge in [0.25, 0.3) is 0 Å². The highest BCUT2D eigenvalue weighted by Gasteiger charge is 2.43. The van der Waals surface area contributed by atoms with E-state index in [1.807, 2.05) is 0 Å². The number of nitrogens with one attached hydrogen (secondary N) is 1. The molecule has 1 aliphatic carbocycles.